The van der Waals surface area contributed by atoms with E-state index in [1.165, 1.54) is 0 Å². The molecule has 1 aliphatic rings. The molecule has 1 aliphatic heterocycles. The van der Waals surface area contributed by atoms with Gasteiger partial charge in [-0.1, -0.05) is 0 Å². The molecule has 16 heavy (non-hydrogen) atoms. The van der Waals surface area contributed by atoms with Crippen LogP contribution in [0.2, 0.25) is 0 Å². The summed E-state index contributed by atoms with van der Waals surface area (Å²) in [5, 5.41) is 0. The van der Waals surface area contributed by atoms with E-state index in [-0.39, 0.29) is 0 Å². The van der Waals surface area contributed by atoms with Crippen LogP contribution in [-0.2, 0) is 11.3 Å². The number of hydrogen-bond donors (Lipinski definition) is 1. The van der Waals surface area contributed by atoms with Gasteiger partial charge in [0.1, 0.15) is 0 Å². The molecule has 4 nitrogen and oxygen atoms in total. The number of ether oxygens (including phenoxy) is 1. The number of rotatable bonds is 3. The third-order valence-electron chi connectivity index (χ3n) is 3.18. The standard InChI is InChI=1S/C12H19N3O/c1-15(10-4-7-16-8-5-10)12-3-2-6-14-11(12)9-13/h2-3,6,10H,4-5,7-9,13H2,1H3. The van der Waals surface area contributed by atoms with Crippen LogP contribution in [-0.4, -0.2) is 31.3 Å². The van der Waals surface area contributed by atoms with Gasteiger partial charge in [-0.3, -0.25) is 4.98 Å². The molecule has 0 aromatic carbocycles. The molecule has 0 spiro atoms. The summed E-state index contributed by atoms with van der Waals surface area (Å²) in [5.74, 6) is 0. The fourth-order valence-electron chi connectivity index (χ4n) is 2.18. The van der Waals surface area contributed by atoms with E-state index in [9.17, 15) is 0 Å². The molecule has 0 unspecified atom stereocenters. The number of nitrogens with zero attached hydrogens (tertiary/aromatic N) is 2. The van der Waals surface area contributed by atoms with Crippen molar-refractivity contribution in [3.63, 3.8) is 0 Å². The quantitative estimate of drug-likeness (QED) is 0.832. The Kier molecular flexibility index (Phi) is 3.74. The van der Waals surface area contributed by atoms with E-state index in [0.29, 0.717) is 12.6 Å². The second-order valence-corrected chi connectivity index (χ2v) is 4.13. The van der Waals surface area contributed by atoms with E-state index < -0.39 is 0 Å². The van der Waals surface area contributed by atoms with Crippen molar-refractivity contribution < 1.29 is 4.74 Å². The Labute approximate surface area is 96.4 Å². The Morgan fingerprint density at radius 2 is 2.25 bits per heavy atom. The Balaban J connectivity index is 2.15. The van der Waals surface area contributed by atoms with Crippen molar-refractivity contribution in [1.29, 1.82) is 0 Å². The van der Waals surface area contributed by atoms with Gasteiger partial charge in [-0.15, -0.1) is 0 Å². The molecule has 0 aliphatic carbocycles. The average molecular weight is 221 g/mol. The highest BCUT2D eigenvalue weighted by molar-refractivity contribution is 5.50. The van der Waals surface area contributed by atoms with Crippen LogP contribution >= 0.6 is 0 Å². The zero-order chi connectivity index (χ0) is 11.4. The van der Waals surface area contributed by atoms with Crippen LogP contribution in [0, 0.1) is 0 Å². The first kappa shape index (κ1) is 11.4. The lowest BCUT2D eigenvalue weighted by Crippen LogP contribution is -2.37. The fraction of sp³-hybridized carbons (Fsp3) is 0.583. The molecule has 0 atom stereocenters. The molecule has 4 heteroatoms. The zero-order valence-electron chi connectivity index (χ0n) is 9.72. The number of hydrogen-bond acceptors (Lipinski definition) is 4. The van der Waals surface area contributed by atoms with Crippen molar-refractivity contribution in [3.05, 3.63) is 24.0 Å². The van der Waals surface area contributed by atoms with Crippen LogP contribution in [0.5, 0.6) is 0 Å². The van der Waals surface area contributed by atoms with E-state index in [1.54, 1.807) is 6.20 Å². The first-order chi connectivity index (χ1) is 7.83. The first-order valence-corrected chi connectivity index (χ1v) is 5.77. The smallest absolute Gasteiger partial charge is 0.0772 e. The second kappa shape index (κ2) is 5.27. The monoisotopic (exact) mass is 221 g/mol. The zero-order valence-corrected chi connectivity index (χ0v) is 9.72. The van der Waals surface area contributed by atoms with Crippen LogP contribution in [0.1, 0.15) is 18.5 Å². The average Bonchev–Trinajstić information content (AvgIpc) is 2.39. The molecule has 0 saturated carbocycles. The van der Waals surface area contributed by atoms with E-state index in [1.807, 2.05) is 6.07 Å². The third kappa shape index (κ3) is 2.33. The lowest BCUT2D eigenvalue weighted by molar-refractivity contribution is 0.0854. The minimum atomic E-state index is 0.490. The molecule has 1 fully saturated rings. The molecule has 0 bridgehead atoms. The Hall–Kier alpha value is -1.13. The highest BCUT2D eigenvalue weighted by Crippen LogP contribution is 2.23. The summed E-state index contributed by atoms with van der Waals surface area (Å²) in [6, 6.07) is 4.60. The van der Waals surface area contributed by atoms with Crippen LogP contribution < -0.4 is 10.6 Å². The summed E-state index contributed by atoms with van der Waals surface area (Å²) in [7, 11) is 2.12. The Morgan fingerprint density at radius 3 is 2.94 bits per heavy atom. The topological polar surface area (TPSA) is 51.4 Å². The maximum atomic E-state index is 5.70. The van der Waals surface area contributed by atoms with Crippen molar-refractivity contribution in [1.82, 2.24) is 4.98 Å². The molecular formula is C12H19N3O. The molecule has 1 aromatic heterocycles. The van der Waals surface area contributed by atoms with E-state index >= 15 is 0 Å². The van der Waals surface area contributed by atoms with Gasteiger partial charge in [0.15, 0.2) is 0 Å². The molecule has 88 valence electrons. The van der Waals surface area contributed by atoms with Gasteiger partial charge in [-0.2, -0.15) is 0 Å². The summed E-state index contributed by atoms with van der Waals surface area (Å²) in [6.45, 7) is 2.20. The molecule has 1 saturated heterocycles. The summed E-state index contributed by atoms with van der Waals surface area (Å²) in [5.41, 5.74) is 7.82. The lowest BCUT2D eigenvalue weighted by atomic mass is 10.1. The minimum absolute atomic E-state index is 0.490. The SMILES string of the molecule is CN(c1cccnc1CN)C1CCOCC1. The van der Waals surface area contributed by atoms with Crippen molar-refractivity contribution in [2.24, 2.45) is 5.73 Å². The van der Waals surface area contributed by atoms with E-state index in [4.69, 9.17) is 10.5 Å². The van der Waals surface area contributed by atoms with Crippen LogP contribution in [0.25, 0.3) is 0 Å². The largest absolute Gasteiger partial charge is 0.381 e. The number of nitrogens with two attached hydrogens (primary N) is 1. The molecule has 0 amide bonds. The molecule has 2 N–H and O–H groups in total. The maximum absolute atomic E-state index is 5.70. The summed E-state index contributed by atoms with van der Waals surface area (Å²) in [4.78, 5) is 6.60. The Bertz CT molecular complexity index is 337. The Morgan fingerprint density at radius 1 is 1.50 bits per heavy atom. The van der Waals surface area contributed by atoms with Gasteiger partial charge in [0.25, 0.3) is 0 Å². The summed E-state index contributed by atoms with van der Waals surface area (Å²) in [6.07, 6.45) is 3.95. The predicted molar refractivity (Wildman–Crippen MR) is 64.4 cm³/mol. The van der Waals surface area contributed by atoms with Crippen LogP contribution in [0.3, 0.4) is 0 Å². The fourth-order valence-corrected chi connectivity index (χ4v) is 2.18. The van der Waals surface area contributed by atoms with Gasteiger partial charge >= 0.3 is 0 Å². The lowest BCUT2D eigenvalue weighted by Gasteiger charge is -2.33. The number of pyridine rings is 1. The molecule has 1 aromatic rings. The maximum Gasteiger partial charge on any atom is 0.0772 e. The van der Waals surface area contributed by atoms with E-state index in [0.717, 1.165) is 37.4 Å². The summed E-state index contributed by atoms with van der Waals surface area (Å²) < 4.78 is 5.38. The highest BCUT2D eigenvalue weighted by Gasteiger charge is 2.20. The molecule has 0 radical (unpaired) electrons. The highest BCUT2D eigenvalue weighted by atomic mass is 16.5. The molecule has 2 heterocycles. The second-order valence-electron chi connectivity index (χ2n) is 4.13. The van der Waals surface area contributed by atoms with Gasteiger partial charge in [0.05, 0.1) is 11.4 Å². The van der Waals surface area contributed by atoms with Crippen LogP contribution in [0.15, 0.2) is 18.3 Å². The van der Waals surface area contributed by atoms with Crippen LogP contribution in [0.4, 0.5) is 5.69 Å². The van der Waals surface area contributed by atoms with Gasteiger partial charge < -0.3 is 15.4 Å². The van der Waals surface area contributed by atoms with Crippen molar-refractivity contribution in [2.45, 2.75) is 25.4 Å². The normalized spacial score (nSPS) is 17.4. The van der Waals surface area contributed by atoms with Crippen molar-refractivity contribution >= 4 is 5.69 Å². The molecular weight excluding hydrogens is 202 g/mol. The van der Waals surface area contributed by atoms with Crippen molar-refractivity contribution in [2.75, 3.05) is 25.2 Å². The van der Waals surface area contributed by atoms with E-state index in [2.05, 4.69) is 23.0 Å². The minimum Gasteiger partial charge on any atom is -0.381 e. The van der Waals surface area contributed by atoms with Gasteiger partial charge in [-0.25, -0.2) is 0 Å². The van der Waals surface area contributed by atoms with Gasteiger partial charge in [0, 0.05) is 39.0 Å². The first-order valence-electron chi connectivity index (χ1n) is 5.77. The molecule has 2 rings (SSSR count). The van der Waals surface area contributed by atoms with Gasteiger partial charge in [0.2, 0.25) is 0 Å². The summed E-state index contributed by atoms with van der Waals surface area (Å²) >= 11 is 0. The predicted octanol–water partition coefficient (Wildman–Crippen LogP) is 1.16. The van der Waals surface area contributed by atoms with Gasteiger partial charge in [-0.05, 0) is 25.0 Å². The third-order valence-corrected chi connectivity index (χ3v) is 3.18. The number of anilines is 1. The van der Waals surface area contributed by atoms with Crippen molar-refractivity contribution in [3.8, 4) is 0 Å². The number of aromatic nitrogens is 1.